The normalized spacial score (nSPS) is 14.9. The maximum Gasteiger partial charge on any atom is 0.222 e. The lowest BCUT2D eigenvalue weighted by Crippen LogP contribution is -2.41. The average molecular weight is 409 g/mol. The number of pyridine rings is 1. The molecule has 2 heterocycles. The first-order valence-electron chi connectivity index (χ1n) is 10.1. The van der Waals surface area contributed by atoms with Gasteiger partial charge in [0.25, 0.3) is 0 Å². The summed E-state index contributed by atoms with van der Waals surface area (Å²) in [7, 11) is 0. The molecule has 0 aliphatic carbocycles. The lowest BCUT2D eigenvalue weighted by Gasteiger charge is -2.32. The maximum absolute atomic E-state index is 12.6. The molecule has 1 saturated heterocycles. The third kappa shape index (κ3) is 4.70. The molecule has 0 spiro atoms. The topological polar surface area (TPSA) is 42.4 Å². The molecule has 0 N–H and O–H groups in total. The predicted octanol–water partition coefficient (Wildman–Crippen LogP) is 5.20. The van der Waals surface area contributed by atoms with Crippen LogP contribution in [0, 0.1) is 6.92 Å². The summed E-state index contributed by atoms with van der Waals surface area (Å²) in [5.74, 6) is 1.04. The van der Waals surface area contributed by atoms with E-state index in [1.807, 2.05) is 54.3 Å². The van der Waals surface area contributed by atoms with E-state index in [0.29, 0.717) is 6.42 Å². The van der Waals surface area contributed by atoms with Crippen LogP contribution in [0.3, 0.4) is 0 Å². The molecule has 150 valence electrons. The summed E-state index contributed by atoms with van der Waals surface area (Å²) in [6.07, 6.45) is 4.86. The first-order valence-corrected chi connectivity index (χ1v) is 10.5. The van der Waals surface area contributed by atoms with E-state index in [1.165, 1.54) is 0 Å². The number of fused-ring (bicyclic) bond motifs is 1. The number of benzene rings is 2. The van der Waals surface area contributed by atoms with Crippen LogP contribution >= 0.6 is 11.6 Å². The Morgan fingerprint density at radius 3 is 2.76 bits per heavy atom. The van der Waals surface area contributed by atoms with Crippen molar-refractivity contribution in [3.8, 4) is 5.75 Å². The number of hydrogen-bond donors (Lipinski definition) is 0. The highest BCUT2D eigenvalue weighted by Crippen LogP contribution is 2.26. The lowest BCUT2D eigenvalue weighted by atomic mass is 10.0. The minimum absolute atomic E-state index is 0.116. The van der Waals surface area contributed by atoms with E-state index in [9.17, 15) is 4.79 Å². The van der Waals surface area contributed by atoms with Gasteiger partial charge in [0.2, 0.25) is 5.91 Å². The molecular weight excluding hydrogens is 384 g/mol. The quantitative estimate of drug-likeness (QED) is 0.582. The molecule has 0 bridgehead atoms. The molecular formula is C24H25ClN2O2. The van der Waals surface area contributed by atoms with Gasteiger partial charge in [-0.25, -0.2) is 0 Å². The number of para-hydroxylation sites is 1. The van der Waals surface area contributed by atoms with Gasteiger partial charge in [-0.2, -0.15) is 0 Å². The molecule has 1 aromatic heterocycles. The van der Waals surface area contributed by atoms with Crippen molar-refractivity contribution in [2.45, 2.75) is 38.7 Å². The fraction of sp³-hybridized carbons (Fsp3) is 0.333. The Balaban J connectivity index is 1.29. The zero-order valence-corrected chi connectivity index (χ0v) is 17.4. The molecule has 0 radical (unpaired) electrons. The SMILES string of the molecule is Cc1cc(CCC(=O)N2CCC(Oc3cccc4cccnc34)CC2)ccc1Cl. The van der Waals surface area contributed by atoms with Gasteiger partial charge < -0.3 is 9.64 Å². The zero-order valence-electron chi connectivity index (χ0n) is 16.6. The smallest absolute Gasteiger partial charge is 0.222 e. The van der Waals surface area contributed by atoms with Crippen molar-refractivity contribution >= 4 is 28.4 Å². The van der Waals surface area contributed by atoms with Crippen LogP contribution in [0.2, 0.25) is 5.02 Å². The summed E-state index contributed by atoms with van der Waals surface area (Å²) in [4.78, 5) is 19.0. The van der Waals surface area contributed by atoms with Crippen molar-refractivity contribution in [1.29, 1.82) is 0 Å². The van der Waals surface area contributed by atoms with Crippen molar-refractivity contribution in [3.63, 3.8) is 0 Å². The number of hydrogen-bond acceptors (Lipinski definition) is 3. The molecule has 5 heteroatoms. The van der Waals surface area contributed by atoms with Crippen LogP contribution in [0.25, 0.3) is 10.9 Å². The van der Waals surface area contributed by atoms with Crippen molar-refractivity contribution in [2.24, 2.45) is 0 Å². The number of aryl methyl sites for hydroxylation is 2. The summed E-state index contributed by atoms with van der Waals surface area (Å²) in [5, 5.41) is 1.85. The van der Waals surface area contributed by atoms with Gasteiger partial charge in [0.15, 0.2) is 0 Å². The number of ether oxygens (including phenoxy) is 1. The Morgan fingerprint density at radius 2 is 1.97 bits per heavy atom. The fourth-order valence-corrected chi connectivity index (χ4v) is 3.96. The van der Waals surface area contributed by atoms with Crippen LogP contribution in [0.5, 0.6) is 5.75 Å². The molecule has 1 fully saturated rings. The standard InChI is InChI=1S/C24H25ClN2O2/c1-17-16-18(7-9-21(17)25)8-10-23(28)27-14-11-20(12-15-27)29-22-6-2-4-19-5-3-13-26-24(19)22/h2-7,9,13,16,20H,8,10-12,14-15H2,1H3. The third-order valence-electron chi connectivity index (χ3n) is 5.53. The van der Waals surface area contributed by atoms with Crippen molar-refractivity contribution in [2.75, 3.05) is 13.1 Å². The van der Waals surface area contributed by atoms with Gasteiger partial charge in [-0.3, -0.25) is 9.78 Å². The Bertz CT molecular complexity index is 1010. The summed E-state index contributed by atoms with van der Waals surface area (Å²) in [6.45, 7) is 3.46. The third-order valence-corrected chi connectivity index (χ3v) is 5.96. The molecule has 2 aromatic carbocycles. The molecule has 0 atom stereocenters. The number of amides is 1. The second kappa shape index (κ2) is 8.83. The number of aromatic nitrogens is 1. The molecule has 0 saturated carbocycles. The van der Waals surface area contributed by atoms with E-state index in [4.69, 9.17) is 16.3 Å². The van der Waals surface area contributed by atoms with Gasteiger partial charge in [-0.05, 0) is 42.7 Å². The Labute approximate surface area is 176 Å². The average Bonchev–Trinajstić information content (AvgIpc) is 2.75. The minimum Gasteiger partial charge on any atom is -0.488 e. The summed E-state index contributed by atoms with van der Waals surface area (Å²) in [5.41, 5.74) is 3.10. The van der Waals surface area contributed by atoms with Crippen LogP contribution < -0.4 is 4.74 Å². The zero-order chi connectivity index (χ0) is 20.2. The highest BCUT2D eigenvalue weighted by Gasteiger charge is 2.24. The second-order valence-corrected chi connectivity index (χ2v) is 8.02. The second-order valence-electron chi connectivity index (χ2n) is 7.61. The number of likely N-dealkylation sites (tertiary alicyclic amines) is 1. The van der Waals surface area contributed by atoms with Gasteiger partial charge in [0, 0.05) is 49.0 Å². The highest BCUT2D eigenvalue weighted by molar-refractivity contribution is 6.31. The maximum atomic E-state index is 12.6. The van der Waals surface area contributed by atoms with E-state index in [-0.39, 0.29) is 12.0 Å². The van der Waals surface area contributed by atoms with Crippen LogP contribution in [-0.2, 0) is 11.2 Å². The highest BCUT2D eigenvalue weighted by atomic mass is 35.5. The number of piperidine rings is 1. The molecule has 0 unspecified atom stereocenters. The first kappa shape index (κ1) is 19.7. The van der Waals surface area contributed by atoms with Crippen LogP contribution in [0.4, 0.5) is 0 Å². The number of halogens is 1. The molecule has 4 rings (SSSR count). The Kier molecular flexibility index (Phi) is 6.00. The van der Waals surface area contributed by atoms with Crippen molar-refractivity contribution in [3.05, 3.63) is 70.9 Å². The lowest BCUT2D eigenvalue weighted by molar-refractivity contribution is -0.132. The molecule has 1 amide bonds. The van der Waals surface area contributed by atoms with E-state index in [0.717, 1.165) is 65.2 Å². The van der Waals surface area contributed by atoms with Crippen molar-refractivity contribution in [1.82, 2.24) is 9.88 Å². The summed E-state index contributed by atoms with van der Waals surface area (Å²) in [6, 6.07) is 16.0. The molecule has 4 nitrogen and oxygen atoms in total. The number of rotatable bonds is 5. The number of carbonyl (C=O) groups excluding carboxylic acids is 1. The largest absolute Gasteiger partial charge is 0.488 e. The summed E-state index contributed by atoms with van der Waals surface area (Å²) >= 11 is 6.08. The molecule has 3 aromatic rings. The number of nitrogens with zero attached hydrogens (tertiary/aromatic N) is 2. The van der Waals surface area contributed by atoms with E-state index < -0.39 is 0 Å². The summed E-state index contributed by atoms with van der Waals surface area (Å²) < 4.78 is 6.24. The monoisotopic (exact) mass is 408 g/mol. The van der Waals surface area contributed by atoms with Gasteiger partial charge in [0.1, 0.15) is 17.4 Å². The van der Waals surface area contributed by atoms with Crippen molar-refractivity contribution < 1.29 is 9.53 Å². The predicted molar refractivity (Wildman–Crippen MR) is 116 cm³/mol. The molecule has 1 aliphatic heterocycles. The van der Waals surface area contributed by atoms with E-state index in [1.54, 1.807) is 6.20 Å². The van der Waals surface area contributed by atoms with Gasteiger partial charge in [-0.1, -0.05) is 41.9 Å². The Hall–Kier alpha value is -2.59. The van der Waals surface area contributed by atoms with Crippen LogP contribution in [-0.4, -0.2) is 35.0 Å². The van der Waals surface area contributed by atoms with Gasteiger partial charge in [0.05, 0.1) is 0 Å². The van der Waals surface area contributed by atoms with E-state index in [2.05, 4.69) is 11.1 Å². The molecule has 1 aliphatic rings. The van der Waals surface area contributed by atoms with Gasteiger partial charge >= 0.3 is 0 Å². The van der Waals surface area contributed by atoms with Crippen LogP contribution in [0.1, 0.15) is 30.4 Å². The first-order chi connectivity index (χ1) is 14.1. The Morgan fingerprint density at radius 1 is 1.17 bits per heavy atom. The fourth-order valence-electron chi connectivity index (χ4n) is 3.85. The van der Waals surface area contributed by atoms with E-state index >= 15 is 0 Å². The van der Waals surface area contributed by atoms with Crippen LogP contribution in [0.15, 0.2) is 54.7 Å². The molecule has 29 heavy (non-hydrogen) atoms. The minimum atomic E-state index is 0.116. The van der Waals surface area contributed by atoms with Gasteiger partial charge in [-0.15, -0.1) is 0 Å². The number of carbonyl (C=O) groups is 1.